The molecular weight excluding hydrogens is 196 g/mol. The maximum atomic E-state index is 11.6. The fraction of sp³-hybridized carbons (Fsp3) is 0.800. The molecule has 0 aromatic carbocycles. The number of hydrogen-bond acceptors (Lipinski definition) is 3. The minimum atomic E-state index is -1.06. The number of aliphatic carboxylic acids is 1. The van der Waals surface area contributed by atoms with Crippen LogP contribution < -0.4 is 5.32 Å². The maximum absolute atomic E-state index is 11.6. The molecule has 0 aliphatic carbocycles. The lowest BCUT2D eigenvalue weighted by molar-refractivity contribution is -0.878. The van der Waals surface area contributed by atoms with Crippen LogP contribution >= 0.6 is 0 Å². The molecule has 0 aromatic rings. The second kappa shape index (κ2) is 5.82. The van der Waals surface area contributed by atoms with Gasteiger partial charge in [0.25, 0.3) is 0 Å². The number of likely N-dealkylation sites (N-methyl/N-ethyl adjacent to an activating group) is 1. The van der Waals surface area contributed by atoms with E-state index in [9.17, 15) is 9.59 Å². The predicted octanol–water partition coefficient (Wildman–Crippen LogP) is -0.285. The summed E-state index contributed by atoms with van der Waals surface area (Å²) in [5, 5.41) is 11.9. The van der Waals surface area contributed by atoms with E-state index in [1.54, 1.807) is 21.1 Å². The van der Waals surface area contributed by atoms with Gasteiger partial charge >= 0.3 is 5.97 Å². The number of nitrogens with one attached hydrogen (secondary N) is 1. The molecule has 1 unspecified atom stereocenters. The third kappa shape index (κ3) is 4.90. The van der Waals surface area contributed by atoms with Gasteiger partial charge in [0.2, 0.25) is 11.8 Å². The van der Waals surface area contributed by atoms with E-state index in [1.807, 2.05) is 6.92 Å². The average Bonchev–Trinajstić information content (AvgIpc) is 2.00. The molecule has 1 atom stereocenters. The van der Waals surface area contributed by atoms with Crippen LogP contribution in [0.15, 0.2) is 0 Å². The van der Waals surface area contributed by atoms with Crippen LogP contribution in [0, 0.1) is 0 Å². The molecule has 0 bridgehead atoms. The quantitative estimate of drug-likeness (QED) is 0.349. The average molecular weight is 217 g/mol. The Hall–Kier alpha value is -0.940. The van der Waals surface area contributed by atoms with Gasteiger partial charge in [-0.2, -0.15) is 0 Å². The van der Waals surface area contributed by atoms with E-state index in [1.165, 1.54) is 0 Å². The van der Waals surface area contributed by atoms with Gasteiger partial charge in [-0.15, -0.1) is 0 Å². The van der Waals surface area contributed by atoms with Gasteiger partial charge in [-0.1, -0.05) is 6.92 Å². The van der Waals surface area contributed by atoms with Crippen LogP contribution in [0.25, 0.3) is 0 Å². The van der Waals surface area contributed by atoms with Crippen molar-refractivity contribution in [3.8, 4) is 0 Å². The summed E-state index contributed by atoms with van der Waals surface area (Å²) in [5.41, 5.74) is 0. The summed E-state index contributed by atoms with van der Waals surface area (Å²) in [6, 6.07) is -0.991. The molecule has 0 aliphatic rings. The van der Waals surface area contributed by atoms with Crippen molar-refractivity contribution in [3.05, 3.63) is 0 Å². The lowest BCUT2D eigenvalue weighted by atomic mass is 10.1. The van der Waals surface area contributed by atoms with Crippen LogP contribution in [-0.2, 0) is 9.59 Å². The van der Waals surface area contributed by atoms with E-state index in [4.69, 9.17) is 5.11 Å². The Morgan fingerprint density at radius 3 is 2.20 bits per heavy atom. The molecule has 0 amide bonds. The number of quaternary nitrogens is 1. The summed E-state index contributed by atoms with van der Waals surface area (Å²) in [5.74, 6) is -1.34. The lowest BCUT2D eigenvalue weighted by Crippen LogP contribution is -2.56. The molecule has 0 heterocycles. The number of rotatable bonds is 7. The first kappa shape index (κ1) is 14.1. The lowest BCUT2D eigenvalue weighted by Gasteiger charge is -2.29. The van der Waals surface area contributed by atoms with E-state index in [0.29, 0.717) is 0 Å². The Kier molecular flexibility index (Phi) is 5.46. The van der Waals surface area contributed by atoms with Crippen molar-refractivity contribution in [3.63, 3.8) is 0 Å². The minimum Gasteiger partial charge on any atom is -0.476 e. The van der Waals surface area contributed by atoms with Crippen molar-refractivity contribution in [2.24, 2.45) is 0 Å². The van der Waals surface area contributed by atoms with Crippen molar-refractivity contribution in [1.82, 2.24) is 5.32 Å². The number of nitrogens with zero attached hydrogens (tertiary/aromatic N) is 1. The first-order chi connectivity index (χ1) is 6.80. The number of Topliss-reactive ketones (excluding diaryl/α,β-unsaturated/α-hetero) is 1. The Morgan fingerprint density at radius 1 is 1.33 bits per heavy atom. The van der Waals surface area contributed by atoms with Gasteiger partial charge in [-0.3, -0.25) is 4.79 Å². The Labute approximate surface area is 90.7 Å². The van der Waals surface area contributed by atoms with Crippen molar-refractivity contribution in [1.29, 1.82) is 0 Å². The SMILES string of the molecule is CCCNCC(=O)C(C(=O)O)[N+](C)(C)C. The molecule has 2 N–H and O–H groups in total. The largest absolute Gasteiger partial charge is 0.476 e. The molecule has 88 valence electrons. The molecule has 0 fully saturated rings. The summed E-state index contributed by atoms with van der Waals surface area (Å²) < 4.78 is 0.113. The van der Waals surface area contributed by atoms with Crippen molar-refractivity contribution in [2.45, 2.75) is 19.4 Å². The molecule has 0 spiro atoms. The van der Waals surface area contributed by atoms with Crippen molar-refractivity contribution < 1.29 is 19.2 Å². The summed E-state index contributed by atoms with van der Waals surface area (Å²) in [4.78, 5) is 22.6. The standard InChI is InChI=1S/C10H20N2O3/c1-5-6-11-7-8(13)9(10(14)15)12(2,3)4/h9,11H,5-7H2,1-4H3/p+1. The van der Waals surface area contributed by atoms with Crippen LogP contribution in [0.5, 0.6) is 0 Å². The summed E-state index contributed by atoms with van der Waals surface area (Å²) in [6.07, 6.45) is 0.926. The molecule has 0 saturated carbocycles. The molecular formula is C10H21N2O3+. The third-order valence-electron chi connectivity index (χ3n) is 2.04. The normalized spacial score (nSPS) is 13.6. The highest BCUT2D eigenvalue weighted by molar-refractivity contribution is 6.02. The number of carboxylic acids is 1. The van der Waals surface area contributed by atoms with E-state index in [0.717, 1.165) is 13.0 Å². The smallest absolute Gasteiger partial charge is 0.370 e. The zero-order valence-electron chi connectivity index (χ0n) is 9.91. The minimum absolute atomic E-state index is 0.113. The monoisotopic (exact) mass is 217 g/mol. The Balaban J connectivity index is 4.39. The van der Waals surface area contributed by atoms with Gasteiger partial charge in [-0.25, -0.2) is 4.79 Å². The highest BCUT2D eigenvalue weighted by Crippen LogP contribution is 2.04. The van der Waals surface area contributed by atoms with Crippen molar-refractivity contribution in [2.75, 3.05) is 34.2 Å². The van der Waals surface area contributed by atoms with E-state index in [-0.39, 0.29) is 16.8 Å². The van der Waals surface area contributed by atoms with Gasteiger partial charge in [-0.05, 0) is 13.0 Å². The van der Waals surface area contributed by atoms with Crippen LogP contribution in [0.2, 0.25) is 0 Å². The number of carbonyl (C=O) groups excluding carboxylic acids is 1. The Morgan fingerprint density at radius 2 is 1.87 bits per heavy atom. The molecule has 0 aromatic heterocycles. The molecule has 0 saturated heterocycles. The maximum Gasteiger partial charge on any atom is 0.370 e. The summed E-state index contributed by atoms with van der Waals surface area (Å²) in [6.45, 7) is 2.85. The zero-order valence-corrected chi connectivity index (χ0v) is 9.91. The van der Waals surface area contributed by atoms with Crippen LogP contribution in [0.4, 0.5) is 0 Å². The van der Waals surface area contributed by atoms with Crippen LogP contribution in [0.3, 0.4) is 0 Å². The highest BCUT2D eigenvalue weighted by atomic mass is 16.4. The van der Waals surface area contributed by atoms with Gasteiger partial charge in [0.05, 0.1) is 27.7 Å². The topological polar surface area (TPSA) is 66.4 Å². The first-order valence-corrected chi connectivity index (χ1v) is 5.08. The van der Waals surface area contributed by atoms with E-state index < -0.39 is 12.0 Å². The van der Waals surface area contributed by atoms with E-state index in [2.05, 4.69) is 5.32 Å². The summed E-state index contributed by atoms with van der Waals surface area (Å²) in [7, 11) is 5.11. The predicted molar refractivity (Wildman–Crippen MR) is 57.6 cm³/mol. The number of ketones is 1. The second-order valence-electron chi connectivity index (χ2n) is 4.50. The van der Waals surface area contributed by atoms with Crippen LogP contribution in [0.1, 0.15) is 13.3 Å². The van der Waals surface area contributed by atoms with Gasteiger partial charge < -0.3 is 14.9 Å². The molecule has 15 heavy (non-hydrogen) atoms. The van der Waals surface area contributed by atoms with Crippen molar-refractivity contribution >= 4 is 11.8 Å². The van der Waals surface area contributed by atoms with Gasteiger partial charge in [0, 0.05) is 0 Å². The zero-order chi connectivity index (χ0) is 12.1. The molecule has 5 heteroatoms. The fourth-order valence-corrected chi connectivity index (χ4v) is 1.39. The van der Waals surface area contributed by atoms with Gasteiger partial charge in [0.1, 0.15) is 0 Å². The number of carbonyl (C=O) groups is 2. The Bertz CT molecular complexity index is 233. The highest BCUT2D eigenvalue weighted by Gasteiger charge is 2.37. The molecule has 5 nitrogen and oxygen atoms in total. The number of carboxylic acid groups (broad SMARTS) is 1. The van der Waals surface area contributed by atoms with Gasteiger partial charge in [0.15, 0.2) is 0 Å². The second-order valence-corrected chi connectivity index (χ2v) is 4.50. The molecule has 0 aliphatic heterocycles. The molecule has 0 rings (SSSR count). The van der Waals surface area contributed by atoms with E-state index >= 15 is 0 Å². The fourth-order valence-electron chi connectivity index (χ4n) is 1.39. The van der Waals surface area contributed by atoms with Crippen LogP contribution in [-0.4, -0.2) is 61.6 Å². The molecule has 0 radical (unpaired) electrons. The first-order valence-electron chi connectivity index (χ1n) is 5.08. The summed E-state index contributed by atoms with van der Waals surface area (Å²) >= 11 is 0. The third-order valence-corrected chi connectivity index (χ3v) is 2.04. The number of hydrogen-bond donors (Lipinski definition) is 2.